The maximum absolute atomic E-state index is 13.3. The Balaban J connectivity index is 1.35. The van der Waals surface area contributed by atoms with E-state index in [1.807, 2.05) is 55.5 Å². The van der Waals surface area contributed by atoms with Gasteiger partial charge in [-0.3, -0.25) is 0 Å². The molecule has 2 heterocycles. The molecule has 180 valence electrons. The molecule has 2 atom stereocenters. The Labute approximate surface area is 204 Å². The first-order valence-electron chi connectivity index (χ1n) is 11.9. The smallest absolute Gasteiger partial charge is 0.411 e. The highest BCUT2D eigenvalue weighted by molar-refractivity contribution is 5.81. The fraction of sp³-hybridized carbons (Fsp3) is 0.321. The Hall–Kier alpha value is -3.71. The molecule has 0 bridgehead atoms. The first-order valence-corrected chi connectivity index (χ1v) is 11.9. The topological polar surface area (TPSA) is 91.3 Å². The van der Waals surface area contributed by atoms with Gasteiger partial charge in [-0.1, -0.05) is 60.7 Å². The average molecular weight is 471 g/mol. The number of ether oxygens (including phenoxy) is 1. The van der Waals surface area contributed by atoms with E-state index in [0.29, 0.717) is 19.4 Å². The van der Waals surface area contributed by atoms with E-state index in [1.165, 1.54) is 0 Å². The number of aromatic nitrogens is 3. The van der Waals surface area contributed by atoms with Crippen molar-refractivity contribution < 1.29 is 14.6 Å². The highest BCUT2D eigenvalue weighted by atomic mass is 16.6. The summed E-state index contributed by atoms with van der Waals surface area (Å²) >= 11 is 0. The monoisotopic (exact) mass is 470 g/mol. The van der Waals surface area contributed by atoms with Gasteiger partial charge < -0.3 is 14.7 Å². The Kier molecular flexibility index (Phi) is 5.81. The molecule has 2 N–H and O–H groups in total. The predicted molar refractivity (Wildman–Crippen MR) is 135 cm³/mol. The van der Waals surface area contributed by atoms with Gasteiger partial charge in [-0.25, -0.2) is 4.79 Å². The molecule has 0 radical (unpaired) electrons. The number of hydrogen-bond acceptors (Lipinski definition) is 5. The van der Waals surface area contributed by atoms with E-state index in [0.717, 1.165) is 33.3 Å². The number of carbonyl (C=O) groups is 1. The summed E-state index contributed by atoms with van der Waals surface area (Å²) in [5.41, 5.74) is 3.90. The van der Waals surface area contributed by atoms with Gasteiger partial charge in [-0.2, -0.15) is 15.4 Å². The molecule has 7 nitrogen and oxygen atoms in total. The Morgan fingerprint density at radius 1 is 1.03 bits per heavy atom. The summed E-state index contributed by atoms with van der Waals surface area (Å²) in [5.74, 6) is 0. The molecule has 1 fully saturated rings. The van der Waals surface area contributed by atoms with Crippen molar-refractivity contribution in [2.24, 2.45) is 0 Å². The number of H-pyrrole nitrogens is 1. The van der Waals surface area contributed by atoms with Crippen LogP contribution < -0.4 is 0 Å². The van der Waals surface area contributed by atoms with Gasteiger partial charge in [0.1, 0.15) is 16.6 Å². The molecular weight excluding hydrogens is 440 g/mol. The summed E-state index contributed by atoms with van der Waals surface area (Å²) in [6, 6.07) is 23.8. The van der Waals surface area contributed by atoms with Crippen LogP contribution in [0.2, 0.25) is 0 Å². The van der Waals surface area contributed by atoms with Gasteiger partial charge in [0.2, 0.25) is 0 Å². The molecule has 4 aromatic rings. The molecule has 0 aliphatic carbocycles. The van der Waals surface area contributed by atoms with E-state index in [9.17, 15) is 9.90 Å². The number of aliphatic hydroxyl groups is 1. The van der Waals surface area contributed by atoms with Gasteiger partial charge in [-0.15, -0.1) is 0 Å². The molecule has 2 unspecified atom stereocenters. The minimum absolute atomic E-state index is 0.148. The van der Waals surface area contributed by atoms with Crippen LogP contribution in [0.4, 0.5) is 4.79 Å². The number of cyclic esters (lactones) is 1. The van der Waals surface area contributed by atoms with Crippen molar-refractivity contribution >= 4 is 17.1 Å². The summed E-state index contributed by atoms with van der Waals surface area (Å²) < 4.78 is 6.13. The van der Waals surface area contributed by atoms with E-state index in [1.54, 1.807) is 18.7 Å². The Morgan fingerprint density at radius 3 is 2.40 bits per heavy atom. The molecule has 7 heteroatoms. The zero-order valence-electron chi connectivity index (χ0n) is 20.2. The molecule has 1 amide bonds. The summed E-state index contributed by atoms with van der Waals surface area (Å²) in [7, 11) is 0. The molecule has 0 saturated carbocycles. The van der Waals surface area contributed by atoms with E-state index in [-0.39, 0.29) is 12.1 Å². The fourth-order valence-electron chi connectivity index (χ4n) is 5.05. The highest BCUT2D eigenvalue weighted by Crippen LogP contribution is 2.42. The second kappa shape index (κ2) is 8.82. The molecule has 1 saturated heterocycles. The lowest BCUT2D eigenvalue weighted by molar-refractivity contribution is -0.101. The van der Waals surface area contributed by atoms with Crippen LogP contribution in [-0.4, -0.2) is 43.7 Å². The van der Waals surface area contributed by atoms with Crippen molar-refractivity contribution in [1.82, 2.24) is 20.3 Å². The van der Waals surface area contributed by atoms with E-state index >= 15 is 0 Å². The number of amides is 1. The van der Waals surface area contributed by atoms with Crippen LogP contribution >= 0.6 is 0 Å². The van der Waals surface area contributed by atoms with Crippen molar-refractivity contribution in [1.29, 1.82) is 0 Å². The van der Waals surface area contributed by atoms with Gasteiger partial charge in [0.15, 0.2) is 0 Å². The van der Waals surface area contributed by atoms with Gasteiger partial charge in [-0.05, 0) is 55.2 Å². The van der Waals surface area contributed by atoms with E-state index in [4.69, 9.17) is 4.74 Å². The zero-order valence-corrected chi connectivity index (χ0v) is 20.2. The summed E-state index contributed by atoms with van der Waals surface area (Å²) in [6.45, 7) is 6.06. The second-order valence-electron chi connectivity index (χ2n) is 9.99. The third kappa shape index (κ3) is 4.64. The Bertz CT molecular complexity index is 1330. The average Bonchev–Trinajstić information content (AvgIpc) is 3.31. The summed E-state index contributed by atoms with van der Waals surface area (Å²) in [4.78, 5) is 15.0. The maximum atomic E-state index is 13.3. The lowest BCUT2D eigenvalue weighted by Gasteiger charge is -2.45. The SMILES string of the molecule is CC(c1ccc(-c2ccc3n[nH]nc3c2)cc1)N1CCC(CC(C)(C)O)(c2ccccc2)OC1=O. The van der Waals surface area contributed by atoms with Crippen LogP contribution in [0.5, 0.6) is 0 Å². The summed E-state index contributed by atoms with van der Waals surface area (Å²) in [5, 5.41) is 21.5. The number of rotatable bonds is 6. The van der Waals surface area contributed by atoms with Crippen LogP contribution in [0.3, 0.4) is 0 Å². The molecule has 1 aromatic heterocycles. The van der Waals surface area contributed by atoms with Crippen LogP contribution in [0.1, 0.15) is 50.8 Å². The minimum atomic E-state index is -0.977. The van der Waals surface area contributed by atoms with E-state index in [2.05, 4.69) is 39.7 Å². The van der Waals surface area contributed by atoms with Gasteiger partial charge in [0.05, 0.1) is 11.6 Å². The molecule has 35 heavy (non-hydrogen) atoms. The fourth-order valence-corrected chi connectivity index (χ4v) is 5.05. The number of benzene rings is 3. The zero-order chi connectivity index (χ0) is 24.6. The largest absolute Gasteiger partial charge is 0.438 e. The highest BCUT2D eigenvalue weighted by Gasteiger charge is 2.46. The Morgan fingerprint density at radius 2 is 1.71 bits per heavy atom. The standard InChI is InChI=1S/C28H30N4O3/c1-19(20-9-11-21(12-10-20)22-13-14-24-25(17-22)30-31-29-24)32-16-15-28(35-26(32)33,18-27(2,3)34)23-7-5-4-6-8-23/h4-14,17,19,34H,15-16,18H2,1-3H3,(H,29,30,31). The first-order chi connectivity index (χ1) is 16.7. The van der Waals surface area contributed by atoms with Crippen molar-refractivity contribution in [3.05, 3.63) is 83.9 Å². The van der Waals surface area contributed by atoms with E-state index < -0.39 is 11.2 Å². The van der Waals surface area contributed by atoms with Crippen LogP contribution in [0.15, 0.2) is 72.8 Å². The third-order valence-electron chi connectivity index (χ3n) is 6.80. The number of fused-ring (bicyclic) bond motifs is 1. The normalized spacial score (nSPS) is 19.5. The van der Waals surface area contributed by atoms with Crippen molar-refractivity contribution in [2.75, 3.05) is 6.54 Å². The van der Waals surface area contributed by atoms with Gasteiger partial charge >= 0.3 is 6.09 Å². The minimum Gasteiger partial charge on any atom is -0.438 e. The maximum Gasteiger partial charge on any atom is 0.411 e. The molecule has 0 spiro atoms. The molecule has 1 aliphatic heterocycles. The lowest BCUT2D eigenvalue weighted by Crippen LogP contribution is -2.51. The van der Waals surface area contributed by atoms with Crippen LogP contribution in [0.25, 0.3) is 22.2 Å². The number of aromatic amines is 1. The first kappa shape index (κ1) is 23.1. The van der Waals surface area contributed by atoms with Crippen LogP contribution in [0, 0.1) is 0 Å². The predicted octanol–water partition coefficient (Wildman–Crippen LogP) is 5.58. The third-order valence-corrected chi connectivity index (χ3v) is 6.80. The number of carbonyl (C=O) groups excluding carboxylic acids is 1. The lowest BCUT2D eigenvalue weighted by atomic mass is 9.80. The number of nitrogens with one attached hydrogen (secondary N) is 1. The molecule has 3 aromatic carbocycles. The van der Waals surface area contributed by atoms with Crippen LogP contribution in [-0.2, 0) is 10.3 Å². The van der Waals surface area contributed by atoms with Crippen molar-refractivity contribution in [3.63, 3.8) is 0 Å². The molecule has 5 rings (SSSR count). The quantitative estimate of drug-likeness (QED) is 0.384. The number of nitrogens with zero attached hydrogens (tertiary/aromatic N) is 3. The molecule has 1 aliphatic rings. The second-order valence-corrected chi connectivity index (χ2v) is 9.99. The molecular formula is C28H30N4O3. The van der Waals surface area contributed by atoms with Gasteiger partial charge in [0.25, 0.3) is 0 Å². The van der Waals surface area contributed by atoms with Gasteiger partial charge in [0, 0.05) is 19.4 Å². The number of hydrogen-bond donors (Lipinski definition) is 2. The van der Waals surface area contributed by atoms with Crippen molar-refractivity contribution in [3.8, 4) is 11.1 Å². The van der Waals surface area contributed by atoms with Crippen molar-refractivity contribution in [2.45, 2.75) is 50.9 Å². The summed E-state index contributed by atoms with van der Waals surface area (Å²) in [6.07, 6.45) is 0.576.